The van der Waals surface area contributed by atoms with Gasteiger partial charge in [-0.2, -0.15) is 13.2 Å². The van der Waals surface area contributed by atoms with Gasteiger partial charge >= 0.3 is 12.1 Å². The highest BCUT2D eigenvalue weighted by Crippen LogP contribution is 2.37. The lowest BCUT2D eigenvalue weighted by molar-refractivity contribution is -0.186. The van der Waals surface area contributed by atoms with Crippen LogP contribution in [-0.4, -0.2) is 28.5 Å². The van der Waals surface area contributed by atoms with Crippen LogP contribution < -0.4 is 0 Å². The summed E-state index contributed by atoms with van der Waals surface area (Å²) in [7, 11) is 0. The maximum absolute atomic E-state index is 12.6. The van der Waals surface area contributed by atoms with E-state index in [0.29, 0.717) is 29.3 Å². The van der Waals surface area contributed by atoms with Gasteiger partial charge in [-0.1, -0.05) is 0 Å². The minimum Gasteiger partial charge on any atom is -0.459 e. The Balaban J connectivity index is 1.85. The van der Waals surface area contributed by atoms with Crippen molar-refractivity contribution < 1.29 is 22.4 Å². The van der Waals surface area contributed by atoms with E-state index in [4.69, 9.17) is 4.42 Å². The second-order valence-electron chi connectivity index (χ2n) is 5.14. The van der Waals surface area contributed by atoms with E-state index >= 15 is 0 Å². The van der Waals surface area contributed by atoms with E-state index < -0.39 is 18.1 Å². The molecular weight excluding hydrogens is 317 g/mol. The van der Waals surface area contributed by atoms with Crippen molar-refractivity contribution in [2.24, 2.45) is 0 Å². The van der Waals surface area contributed by atoms with Gasteiger partial charge in [0.25, 0.3) is 0 Å². The summed E-state index contributed by atoms with van der Waals surface area (Å²) in [6, 6.07) is 2.95. The average molecular weight is 330 g/mol. The van der Waals surface area contributed by atoms with Crippen LogP contribution in [0.2, 0.25) is 0 Å². The Bertz CT molecular complexity index is 692. The minimum absolute atomic E-state index is 0.107. The number of nitrogens with zero attached hydrogens (tertiary/aromatic N) is 2. The van der Waals surface area contributed by atoms with E-state index in [1.807, 2.05) is 0 Å². The number of aryl methyl sites for hydroxylation is 1. The molecule has 4 nitrogen and oxygen atoms in total. The lowest BCUT2D eigenvalue weighted by Gasteiger charge is -2.24. The summed E-state index contributed by atoms with van der Waals surface area (Å²) in [5.41, 5.74) is 0.490. The summed E-state index contributed by atoms with van der Waals surface area (Å²) in [5.74, 6) is -0.472. The molecule has 1 aliphatic rings. The first-order chi connectivity index (χ1) is 10.4. The summed E-state index contributed by atoms with van der Waals surface area (Å²) in [5, 5.41) is 2.30. The van der Waals surface area contributed by atoms with Gasteiger partial charge in [0, 0.05) is 11.9 Å². The van der Waals surface area contributed by atoms with Gasteiger partial charge in [-0.15, -0.1) is 11.3 Å². The van der Waals surface area contributed by atoms with E-state index in [0.717, 1.165) is 10.7 Å². The van der Waals surface area contributed by atoms with Crippen molar-refractivity contribution in [2.75, 3.05) is 6.54 Å². The normalized spacial score (nSPS) is 18.9. The molecule has 1 saturated heterocycles. The summed E-state index contributed by atoms with van der Waals surface area (Å²) < 4.78 is 43.4. The fraction of sp³-hybridized carbons (Fsp3) is 0.429. The lowest BCUT2D eigenvalue weighted by Crippen LogP contribution is -2.40. The topological polar surface area (TPSA) is 46.3 Å². The van der Waals surface area contributed by atoms with Crippen molar-refractivity contribution in [3.63, 3.8) is 0 Å². The summed E-state index contributed by atoms with van der Waals surface area (Å²) in [4.78, 5) is 16.7. The molecule has 1 fully saturated rings. The predicted molar refractivity (Wildman–Crippen MR) is 74.3 cm³/mol. The van der Waals surface area contributed by atoms with Crippen LogP contribution in [0.5, 0.6) is 0 Å². The van der Waals surface area contributed by atoms with E-state index in [1.165, 1.54) is 11.3 Å². The number of aromatic nitrogens is 1. The van der Waals surface area contributed by atoms with Crippen LogP contribution in [0.3, 0.4) is 0 Å². The number of hydrogen-bond donors (Lipinski definition) is 0. The molecule has 1 aliphatic heterocycles. The first kappa shape index (κ1) is 15.1. The Labute approximate surface area is 128 Å². The molecule has 1 atom stereocenters. The smallest absolute Gasteiger partial charge is 0.459 e. The van der Waals surface area contributed by atoms with Crippen LogP contribution in [0.4, 0.5) is 13.2 Å². The maximum atomic E-state index is 12.6. The molecule has 0 aromatic carbocycles. The summed E-state index contributed by atoms with van der Waals surface area (Å²) in [6.07, 6.45) is -3.82. The van der Waals surface area contributed by atoms with Gasteiger partial charge in [0.15, 0.2) is 10.8 Å². The fourth-order valence-corrected chi connectivity index (χ4v) is 3.41. The van der Waals surface area contributed by atoms with Gasteiger partial charge in [0.1, 0.15) is 5.76 Å². The molecule has 0 aliphatic carbocycles. The highest BCUT2D eigenvalue weighted by Gasteiger charge is 2.46. The first-order valence-electron chi connectivity index (χ1n) is 6.76. The van der Waals surface area contributed by atoms with Gasteiger partial charge in [-0.05, 0) is 31.9 Å². The minimum atomic E-state index is -4.85. The van der Waals surface area contributed by atoms with Crippen molar-refractivity contribution in [3.8, 4) is 10.8 Å². The number of alkyl halides is 3. The Morgan fingerprint density at radius 3 is 2.86 bits per heavy atom. The predicted octanol–water partition coefficient (Wildman–Crippen LogP) is 3.94. The largest absolute Gasteiger partial charge is 0.471 e. The Morgan fingerprint density at radius 2 is 2.23 bits per heavy atom. The van der Waals surface area contributed by atoms with Crippen LogP contribution in [0.25, 0.3) is 10.8 Å². The molecule has 2 aromatic heterocycles. The number of furan rings is 1. The Hall–Kier alpha value is -1.83. The van der Waals surface area contributed by atoms with Crippen molar-refractivity contribution in [3.05, 3.63) is 29.0 Å². The van der Waals surface area contributed by atoms with Crippen molar-refractivity contribution >= 4 is 17.2 Å². The van der Waals surface area contributed by atoms with E-state index in [9.17, 15) is 18.0 Å². The molecule has 3 rings (SSSR count). The molecule has 2 aromatic rings. The zero-order chi connectivity index (χ0) is 15.9. The summed E-state index contributed by atoms with van der Waals surface area (Å²) in [6.45, 7) is 1.91. The highest BCUT2D eigenvalue weighted by atomic mass is 32.1. The number of amides is 1. The molecule has 118 valence electrons. The SMILES string of the molecule is Cc1ccc(-c2nc([C@H]3CCCN3C(=O)C(F)(F)F)cs2)o1. The van der Waals surface area contributed by atoms with Gasteiger partial charge in [-0.25, -0.2) is 4.98 Å². The lowest BCUT2D eigenvalue weighted by atomic mass is 10.1. The average Bonchev–Trinajstić information content (AvgIpc) is 3.15. The molecule has 3 heterocycles. The van der Waals surface area contributed by atoms with Gasteiger partial charge < -0.3 is 9.32 Å². The number of likely N-dealkylation sites (tertiary alicyclic amines) is 1. The fourth-order valence-electron chi connectivity index (χ4n) is 2.58. The number of rotatable bonds is 2. The second-order valence-corrected chi connectivity index (χ2v) is 6.00. The van der Waals surface area contributed by atoms with E-state index in [-0.39, 0.29) is 6.54 Å². The van der Waals surface area contributed by atoms with E-state index in [1.54, 1.807) is 24.4 Å². The third kappa shape index (κ3) is 2.75. The van der Waals surface area contributed by atoms with Crippen LogP contribution >= 0.6 is 11.3 Å². The molecule has 0 bridgehead atoms. The zero-order valence-corrected chi connectivity index (χ0v) is 12.5. The Kier molecular flexibility index (Phi) is 3.72. The van der Waals surface area contributed by atoms with Crippen LogP contribution in [0, 0.1) is 6.92 Å². The third-order valence-corrected chi connectivity index (χ3v) is 4.45. The number of thiazole rings is 1. The molecule has 0 spiro atoms. The Morgan fingerprint density at radius 1 is 1.45 bits per heavy atom. The maximum Gasteiger partial charge on any atom is 0.471 e. The monoisotopic (exact) mass is 330 g/mol. The first-order valence-corrected chi connectivity index (χ1v) is 7.64. The molecule has 0 radical (unpaired) electrons. The number of hydrogen-bond acceptors (Lipinski definition) is 4. The summed E-state index contributed by atoms with van der Waals surface area (Å²) >= 11 is 1.30. The number of carbonyl (C=O) groups is 1. The van der Waals surface area contributed by atoms with Gasteiger partial charge in [-0.3, -0.25) is 4.79 Å². The third-order valence-electron chi connectivity index (χ3n) is 3.57. The standard InChI is InChI=1S/C14H13F3N2O2S/c1-8-4-5-11(21-8)12-18-9(7-22-12)10-3-2-6-19(10)13(20)14(15,16)17/h4-5,7,10H,2-3,6H2,1H3/t10-/m1/s1. The zero-order valence-electron chi connectivity index (χ0n) is 11.7. The molecule has 8 heteroatoms. The molecule has 0 saturated carbocycles. The van der Waals surface area contributed by atoms with Crippen LogP contribution in [0.15, 0.2) is 21.9 Å². The van der Waals surface area contributed by atoms with Gasteiger partial charge in [0.2, 0.25) is 0 Å². The van der Waals surface area contributed by atoms with Crippen LogP contribution in [0.1, 0.15) is 30.3 Å². The molecule has 1 amide bonds. The van der Waals surface area contributed by atoms with Crippen molar-refractivity contribution in [1.82, 2.24) is 9.88 Å². The molecule has 22 heavy (non-hydrogen) atoms. The molecular formula is C14H13F3N2O2S. The van der Waals surface area contributed by atoms with Gasteiger partial charge in [0.05, 0.1) is 11.7 Å². The van der Waals surface area contributed by atoms with E-state index in [2.05, 4.69) is 4.98 Å². The quantitative estimate of drug-likeness (QED) is 0.838. The highest BCUT2D eigenvalue weighted by molar-refractivity contribution is 7.13. The van der Waals surface area contributed by atoms with Crippen LogP contribution in [-0.2, 0) is 4.79 Å². The second kappa shape index (κ2) is 5.42. The molecule has 0 unspecified atom stereocenters. The number of halogens is 3. The molecule has 0 N–H and O–H groups in total. The number of carbonyl (C=O) groups excluding carboxylic acids is 1. The van der Waals surface area contributed by atoms with Crippen molar-refractivity contribution in [1.29, 1.82) is 0 Å². The van der Waals surface area contributed by atoms with Crippen molar-refractivity contribution in [2.45, 2.75) is 32.0 Å².